The first kappa shape index (κ1) is 17.7. The summed E-state index contributed by atoms with van der Waals surface area (Å²) in [6.07, 6.45) is 0.294. The minimum absolute atomic E-state index is 0.207. The van der Waals surface area contributed by atoms with Gasteiger partial charge in [0.15, 0.2) is 8.32 Å². The van der Waals surface area contributed by atoms with Crippen molar-refractivity contribution in [3.05, 3.63) is 30.3 Å². The Morgan fingerprint density at radius 2 is 1.76 bits per heavy atom. The van der Waals surface area contributed by atoms with Crippen LogP contribution in [0, 0.1) is 0 Å². The molecule has 0 unspecified atom stereocenters. The molecule has 0 bridgehead atoms. The molecule has 0 fully saturated rings. The molecular weight excluding hydrogens is 282 g/mol. The molecule has 1 N–H and O–H groups in total. The summed E-state index contributed by atoms with van der Waals surface area (Å²) in [6, 6.07) is 9.27. The third-order valence-corrected chi connectivity index (χ3v) is 8.35. The van der Waals surface area contributed by atoms with Crippen molar-refractivity contribution in [2.24, 2.45) is 0 Å². The van der Waals surface area contributed by atoms with Gasteiger partial charge in [0, 0.05) is 18.7 Å². The van der Waals surface area contributed by atoms with E-state index in [4.69, 9.17) is 9.16 Å². The lowest BCUT2D eigenvalue weighted by Gasteiger charge is -2.36. The number of rotatable bonds is 6. The van der Waals surface area contributed by atoms with Crippen molar-refractivity contribution in [3.63, 3.8) is 0 Å². The Morgan fingerprint density at radius 3 is 2.33 bits per heavy atom. The minimum Gasteiger partial charge on any atom is -0.449 e. The van der Waals surface area contributed by atoms with Crippen LogP contribution in [0.15, 0.2) is 30.3 Å². The normalized spacial score (nSPS) is 12.0. The van der Waals surface area contributed by atoms with Crippen LogP contribution in [0.5, 0.6) is 0 Å². The summed E-state index contributed by atoms with van der Waals surface area (Å²) in [6.45, 7) is 12.1. The molecule has 0 atom stereocenters. The molecule has 0 aliphatic carbocycles. The lowest BCUT2D eigenvalue weighted by atomic mass is 10.2. The van der Waals surface area contributed by atoms with Gasteiger partial charge in [0.1, 0.15) is 0 Å². The molecule has 0 radical (unpaired) electrons. The molecule has 118 valence electrons. The van der Waals surface area contributed by atoms with Crippen molar-refractivity contribution in [1.82, 2.24) is 0 Å². The van der Waals surface area contributed by atoms with Gasteiger partial charge in [0.2, 0.25) is 0 Å². The SMILES string of the molecule is CC(C)(C)[Si](C)(C)OCCCOC(=O)Nc1ccccc1. The van der Waals surface area contributed by atoms with Crippen molar-refractivity contribution in [2.45, 2.75) is 45.3 Å². The minimum atomic E-state index is -1.70. The fourth-order valence-electron chi connectivity index (χ4n) is 1.44. The van der Waals surface area contributed by atoms with Crippen LogP contribution in [0.25, 0.3) is 0 Å². The first-order chi connectivity index (χ1) is 9.72. The van der Waals surface area contributed by atoms with E-state index in [2.05, 4.69) is 39.2 Å². The van der Waals surface area contributed by atoms with Gasteiger partial charge in [0.05, 0.1) is 6.61 Å². The Bertz CT molecular complexity index is 441. The van der Waals surface area contributed by atoms with E-state index < -0.39 is 14.4 Å². The summed E-state index contributed by atoms with van der Waals surface area (Å²) in [7, 11) is -1.70. The van der Waals surface area contributed by atoms with Crippen LogP contribution in [-0.2, 0) is 9.16 Å². The van der Waals surface area contributed by atoms with Crippen LogP contribution >= 0.6 is 0 Å². The van der Waals surface area contributed by atoms with Crippen LogP contribution in [0.3, 0.4) is 0 Å². The number of anilines is 1. The van der Waals surface area contributed by atoms with E-state index in [-0.39, 0.29) is 5.04 Å². The number of para-hydroxylation sites is 1. The van der Waals surface area contributed by atoms with Gasteiger partial charge in [-0.15, -0.1) is 0 Å². The number of carbonyl (C=O) groups excluding carboxylic acids is 1. The van der Waals surface area contributed by atoms with E-state index in [9.17, 15) is 4.79 Å². The van der Waals surface area contributed by atoms with Gasteiger partial charge in [-0.05, 0) is 30.3 Å². The molecule has 4 nitrogen and oxygen atoms in total. The molecule has 1 amide bonds. The molecule has 0 saturated heterocycles. The second-order valence-electron chi connectivity index (χ2n) is 6.59. The molecule has 1 rings (SSSR count). The highest BCUT2D eigenvalue weighted by molar-refractivity contribution is 6.74. The van der Waals surface area contributed by atoms with Crippen LogP contribution in [0.4, 0.5) is 10.5 Å². The summed E-state index contributed by atoms with van der Waals surface area (Å²) in [5.74, 6) is 0. The number of benzene rings is 1. The number of hydrogen-bond donors (Lipinski definition) is 1. The number of ether oxygens (including phenoxy) is 1. The van der Waals surface area contributed by atoms with E-state index in [1.165, 1.54) is 0 Å². The molecule has 1 aromatic carbocycles. The van der Waals surface area contributed by atoms with Gasteiger partial charge in [-0.25, -0.2) is 4.79 Å². The number of amides is 1. The van der Waals surface area contributed by atoms with Crippen LogP contribution in [0.1, 0.15) is 27.2 Å². The van der Waals surface area contributed by atoms with Crippen LogP contribution < -0.4 is 5.32 Å². The number of hydrogen-bond acceptors (Lipinski definition) is 3. The number of nitrogens with one attached hydrogen (secondary N) is 1. The monoisotopic (exact) mass is 309 g/mol. The molecule has 1 aromatic rings. The summed E-state index contributed by atoms with van der Waals surface area (Å²) < 4.78 is 11.2. The largest absolute Gasteiger partial charge is 0.449 e. The maximum Gasteiger partial charge on any atom is 0.411 e. The fraction of sp³-hybridized carbons (Fsp3) is 0.562. The highest BCUT2D eigenvalue weighted by Gasteiger charge is 2.36. The van der Waals surface area contributed by atoms with Crippen LogP contribution in [0.2, 0.25) is 18.1 Å². The second kappa shape index (κ2) is 7.61. The van der Waals surface area contributed by atoms with Crippen molar-refractivity contribution in [1.29, 1.82) is 0 Å². The Hall–Kier alpha value is -1.33. The lowest BCUT2D eigenvalue weighted by Crippen LogP contribution is -2.41. The standard InChI is InChI=1S/C16H27NO3Si/c1-16(2,3)21(4,5)20-13-9-12-19-15(18)17-14-10-7-6-8-11-14/h6-8,10-11H,9,12-13H2,1-5H3,(H,17,18). The van der Waals surface area contributed by atoms with Gasteiger partial charge in [-0.2, -0.15) is 0 Å². The fourth-order valence-corrected chi connectivity index (χ4v) is 2.53. The molecule has 0 aliphatic rings. The molecule has 0 spiro atoms. The molecule has 0 aromatic heterocycles. The Labute approximate surface area is 129 Å². The van der Waals surface area contributed by atoms with E-state index >= 15 is 0 Å². The Kier molecular flexibility index (Phi) is 6.42. The summed E-state index contributed by atoms with van der Waals surface area (Å²) >= 11 is 0. The molecule has 0 heterocycles. The maximum atomic E-state index is 11.6. The zero-order chi connectivity index (χ0) is 15.9. The summed E-state index contributed by atoms with van der Waals surface area (Å²) in [4.78, 5) is 11.6. The second-order valence-corrected chi connectivity index (χ2v) is 11.4. The van der Waals surface area contributed by atoms with Crippen molar-refractivity contribution >= 4 is 20.1 Å². The average Bonchev–Trinajstić information content (AvgIpc) is 2.38. The Balaban J connectivity index is 2.19. The smallest absolute Gasteiger partial charge is 0.411 e. The average molecular weight is 309 g/mol. The highest BCUT2D eigenvalue weighted by atomic mass is 28.4. The quantitative estimate of drug-likeness (QED) is 0.615. The predicted molar refractivity (Wildman–Crippen MR) is 89.2 cm³/mol. The van der Waals surface area contributed by atoms with Gasteiger partial charge in [0.25, 0.3) is 0 Å². The van der Waals surface area contributed by atoms with Crippen molar-refractivity contribution in [3.8, 4) is 0 Å². The molecule has 5 heteroatoms. The topological polar surface area (TPSA) is 47.6 Å². The third kappa shape index (κ3) is 6.31. The number of carbonyl (C=O) groups is 1. The van der Waals surface area contributed by atoms with Gasteiger partial charge >= 0.3 is 6.09 Å². The summed E-state index contributed by atoms with van der Waals surface area (Å²) in [5, 5.41) is 2.89. The third-order valence-electron chi connectivity index (χ3n) is 3.81. The van der Waals surface area contributed by atoms with E-state index in [1.54, 1.807) is 0 Å². The highest BCUT2D eigenvalue weighted by Crippen LogP contribution is 2.36. The molecule has 0 saturated carbocycles. The first-order valence-electron chi connectivity index (χ1n) is 7.35. The first-order valence-corrected chi connectivity index (χ1v) is 10.3. The van der Waals surface area contributed by atoms with Gasteiger partial charge < -0.3 is 9.16 Å². The van der Waals surface area contributed by atoms with E-state index in [1.807, 2.05) is 30.3 Å². The zero-order valence-electron chi connectivity index (χ0n) is 13.7. The van der Waals surface area contributed by atoms with Crippen LogP contribution in [-0.4, -0.2) is 27.6 Å². The molecule has 21 heavy (non-hydrogen) atoms. The molecule has 0 aliphatic heterocycles. The predicted octanol–water partition coefficient (Wildman–Crippen LogP) is 4.65. The lowest BCUT2D eigenvalue weighted by molar-refractivity contribution is 0.150. The molecular formula is C16H27NO3Si. The maximum absolute atomic E-state index is 11.6. The van der Waals surface area contributed by atoms with Crippen molar-refractivity contribution < 1.29 is 14.0 Å². The van der Waals surface area contributed by atoms with Gasteiger partial charge in [-0.3, -0.25) is 5.32 Å². The van der Waals surface area contributed by atoms with Crippen molar-refractivity contribution in [2.75, 3.05) is 18.5 Å². The van der Waals surface area contributed by atoms with E-state index in [0.717, 1.165) is 5.69 Å². The zero-order valence-corrected chi connectivity index (χ0v) is 14.7. The summed E-state index contributed by atoms with van der Waals surface area (Å²) in [5.41, 5.74) is 0.736. The Morgan fingerprint density at radius 1 is 1.14 bits per heavy atom. The van der Waals surface area contributed by atoms with E-state index in [0.29, 0.717) is 19.6 Å². The van der Waals surface area contributed by atoms with Gasteiger partial charge in [-0.1, -0.05) is 39.0 Å².